The molecule has 3 aromatic carbocycles. The van der Waals surface area contributed by atoms with Crippen LogP contribution in [-0.4, -0.2) is 0 Å². The van der Waals surface area contributed by atoms with E-state index in [2.05, 4.69) is 55.5 Å². The molecule has 0 aliphatic carbocycles. The van der Waals surface area contributed by atoms with Crippen molar-refractivity contribution < 1.29 is 17.1 Å². The third kappa shape index (κ3) is 4.37. The van der Waals surface area contributed by atoms with E-state index in [0.717, 1.165) is 0 Å². The summed E-state index contributed by atoms with van der Waals surface area (Å²) in [7, 11) is 0. The Balaban J connectivity index is 0.000000230. The maximum absolute atomic E-state index is 2.16. The average Bonchev–Trinajstić information content (AvgIpc) is 3.06. The maximum Gasteiger partial charge on any atom is 2.00 e. The molecule has 0 nitrogen and oxygen atoms in total. The summed E-state index contributed by atoms with van der Waals surface area (Å²) in [5, 5.41) is 0. The van der Waals surface area contributed by atoms with Crippen LogP contribution in [0.1, 0.15) is 5.56 Å². The largest absolute Gasteiger partial charge is 2.00 e. The average molecular weight is 276 g/mol. The van der Waals surface area contributed by atoms with E-state index in [1.165, 1.54) is 16.7 Å². The molecule has 0 radical (unpaired) electrons. The Morgan fingerprint density at radius 3 is 1.83 bits per heavy atom. The summed E-state index contributed by atoms with van der Waals surface area (Å²) >= 11 is 0. The minimum atomic E-state index is 0. The molecule has 0 N–H and O–H groups in total. The van der Waals surface area contributed by atoms with E-state index in [0.29, 0.717) is 0 Å². The number of aryl methyl sites for hydroxylation is 1. The Bertz CT molecular complexity index is 484. The summed E-state index contributed by atoms with van der Waals surface area (Å²) in [5.74, 6) is 0. The van der Waals surface area contributed by atoms with Crippen molar-refractivity contribution in [1.29, 1.82) is 0 Å². The number of benzene rings is 1. The molecule has 0 aliphatic heterocycles. The fourth-order valence-corrected chi connectivity index (χ4v) is 1.63. The van der Waals surface area contributed by atoms with Crippen LogP contribution >= 0.6 is 0 Å². The zero-order valence-electron chi connectivity index (χ0n) is 10.4. The van der Waals surface area contributed by atoms with Crippen LogP contribution in [0.25, 0.3) is 11.1 Å². The van der Waals surface area contributed by atoms with Gasteiger partial charge >= 0.3 is 17.1 Å². The number of rotatable bonds is 1. The van der Waals surface area contributed by atoms with Gasteiger partial charge in [-0.25, -0.2) is 12.1 Å². The first-order valence-electron chi connectivity index (χ1n) is 5.82. The van der Waals surface area contributed by atoms with Crippen molar-refractivity contribution in [3.05, 3.63) is 84.4 Å². The van der Waals surface area contributed by atoms with Gasteiger partial charge in [0.25, 0.3) is 0 Å². The predicted molar refractivity (Wildman–Crippen MR) is 74.2 cm³/mol. The van der Waals surface area contributed by atoms with Crippen LogP contribution in [0, 0.1) is 6.92 Å². The van der Waals surface area contributed by atoms with E-state index < -0.39 is 0 Å². The van der Waals surface area contributed by atoms with Crippen molar-refractivity contribution in [3.8, 4) is 11.1 Å². The van der Waals surface area contributed by atoms with Crippen LogP contribution in [0.4, 0.5) is 0 Å². The van der Waals surface area contributed by atoms with Gasteiger partial charge in [0.1, 0.15) is 0 Å². The molecule has 3 aromatic rings. The molecule has 0 atom stereocenters. The molecule has 0 aliphatic rings. The molecule has 0 spiro atoms. The van der Waals surface area contributed by atoms with Gasteiger partial charge in [0.05, 0.1) is 0 Å². The molecule has 1 heteroatoms. The van der Waals surface area contributed by atoms with Gasteiger partial charge in [-0.1, -0.05) is 23.3 Å². The molecule has 92 valence electrons. The van der Waals surface area contributed by atoms with Gasteiger partial charge < -0.3 is 0 Å². The quantitative estimate of drug-likeness (QED) is 0.443. The van der Waals surface area contributed by atoms with Crippen LogP contribution in [-0.2, 0) is 17.1 Å². The molecule has 0 bridgehead atoms. The Hall–Kier alpha value is -1.56. The molecule has 0 unspecified atom stereocenters. The number of hydrogen-bond donors (Lipinski definition) is 0. The zero-order chi connectivity index (χ0) is 11.9. The monoisotopic (exact) mass is 276 g/mol. The first-order valence-corrected chi connectivity index (χ1v) is 5.82. The van der Waals surface area contributed by atoms with Crippen LogP contribution in [0.2, 0.25) is 0 Å². The predicted octanol–water partition coefficient (Wildman–Crippen LogP) is 4.78. The standard InChI is InChI=1S/C12H11.C5H5.Fe/c1-10-6-8-12(9-7-10)11-4-2-3-5-11;1-2-4-5-3-1;/h2-9H,1H3;1-5H;/q2*-1;+2. The van der Waals surface area contributed by atoms with Crippen molar-refractivity contribution in [2.45, 2.75) is 6.92 Å². The molecule has 0 aromatic heterocycles. The van der Waals surface area contributed by atoms with Gasteiger partial charge in [0.15, 0.2) is 0 Å². The van der Waals surface area contributed by atoms with Gasteiger partial charge in [-0.2, -0.15) is 30.3 Å². The third-order valence-corrected chi connectivity index (χ3v) is 2.60. The summed E-state index contributed by atoms with van der Waals surface area (Å²) in [6.45, 7) is 2.11. The Morgan fingerprint density at radius 1 is 0.833 bits per heavy atom. The molecular weight excluding hydrogens is 260 g/mol. The SMILES string of the molecule is Cc1ccc(-[c-]2cccc2)cc1.[Fe+2].c1cc[cH-]c1. The normalized spacial score (nSPS) is 8.94. The fourth-order valence-electron chi connectivity index (χ4n) is 1.63. The van der Waals surface area contributed by atoms with Crippen molar-refractivity contribution in [2.24, 2.45) is 0 Å². The van der Waals surface area contributed by atoms with E-state index >= 15 is 0 Å². The molecule has 0 amide bonds. The molecule has 0 fully saturated rings. The van der Waals surface area contributed by atoms with Crippen molar-refractivity contribution >= 4 is 0 Å². The maximum atomic E-state index is 2.16. The van der Waals surface area contributed by atoms with Gasteiger partial charge in [-0.05, 0) is 6.92 Å². The summed E-state index contributed by atoms with van der Waals surface area (Å²) in [6.07, 6.45) is 0. The summed E-state index contributed by atoms with van der Waals surface area (Å²) < 4.78 is 0. The van der Waals surface area contributed by atoms with Crippen molar-refractivity contribution in [3.63, 3.8) is 0 Å². The molecular formula is C17H16Fe. The molecule has 18 heavy (non-hydrogen) atoms. The molecule has 0 heterocycles. The Labute approximate surface area is 119 Å². The summed E-state index contributed by atoms with van der Waals surface area (Å²) in [5.41, 5.74) is 3.91. The summed E-state index contributed by atoms with van der Waals surface area (Å²) in [6, 6.07) is 27.0. The van der Waals surface area contributed by atoms with Crippen LogP contribution in [0.5, 0.6) is 0 Å². The van der Waals surface area contributed by atoms with Crippen molar-refractivity contribution in [2.75, 3.05) is 0 Å². The van der Waals surface area contributed by atoms with Gasteiger partial charge in [0.2, 0.25) is 0 Å². The van der Waals surface area contributed by atoms with E-state index in [4.69, 9.17) is 0 Å². The van der Waals surface area contributed by atoms with Gasteiger partial charge in [-0.15, -0.1) is 29.8 Å². The second kappa shape index (κ2) is 7.71. The van der Waals surface area contributed by atoms with E-state index in [1.54, 1.807) is 0 Å². The fraction of sp³-hybridized carbons (Fsp3) is 0.0588. The van der Waals surface area contributed by atoms with E-state index in [1.807, 2.05) is 30.3 Å². The first-order chi connectivity index (χ1) is 8.36. The molecule has 0 saturated carbocycles. The zero-order valence-corrected chi connectivity index (χ0v) is 11.5. The van der Waals surface area contributed by atoms with Gasteiger partial charge in [-0.3, -0.25) is 0 Å². The van der Waals surface area contributed by atoms with Crippen LogP contribution < -0.4 is 0 Å². The van der Waals surface area contributed by atoms with Crippen LogP contribution in [0.3, 0.4) is 0 Å². The van der Waals surface area contributed by atoms with Gasteiger partial charge in [0, 0.05) is 0 Å². The smallest absolute Gasteiger partial charge is 0.214 e. The Morgan fingerprint density at radius 2 is 1.39 bits per heavy atom. The molecule has 3 rings (SSSR count). The van der Waals surface area contributed by atoms with E-state index in [9.17, 15) is 0 Å². The minimum Gasteiger partial charge on any atom is -0.214 e. The van der Waals surface area contributed by atoms with Crippen molar-refractivity contribution in [1.82, 2.24) is 0 Å². The van der Waals surface area contributed by atoms with Crippen LogP contribution in [0.15, 0.2) is 78.9 Å². The topological polar surface area (TPSA) is 0 Å². The Kier molecular flexibility index (Phi) is 6.21. The first kappa shape index (κ1) is 14.5. The number of hydrogen-bond acceptors (Lipinski definition) is 0. The molecule has 0 saturated heterocycles. The minimum absolute atomic E-state index is 0. The summed E-state index contributed by atoms with van der Waals surface area (Å²) in [4.78, 5) is 0. The van der Waals surface area contributed by atoms with E-state index in [-0.39, 0.29) is 17.1 Å². The second-order valence-corrected chi connectivity index (χ2v) is 4.00. The third-order valence-electron chi connectivity index (χ3n) is 2.60. The second-order valence-electron chi connectivity index (χ2n) is 4.00.